The minimum atomic E-state index is -0.292. The Labute approximate surface area is 146 Å². The van der Waals surface area contributed by atoms with E-state index in [-0.39, 0.29) is 25.5 Å². The molecule has 0 radical (unpaired) electrons. The SMILES string of the molecule is CCC(CNO)=NC(=O)Cc1ccccc1CO/N=C\C#N.CON. The molecule has 0 aliphatic rings. The van der Waals surface area contributed by atoms with Crippen LogP contribution in [0, 0.1) is 11.3 Å². The zero-order chi connectivity index (χ0) is 18.9. The fourth-order valence-electron chi connectivity index (χ4n) is 1.75. The predicted octanol–water partition coefficient (Wildman–Crippen LogP) is 1.12. The van der Waals surface area contributed by atoms with Gasteiger partial charge in [0.2, 0.25) is 5.91 Å². The molecule has 1 rings (SSSR count). The van der Waals surface area contributed by atoms with E-state index in [9.17, 15) is 4.79 Å². The molecule has 9 heteroatoms. The van der Waals surface area contributed by atoms with E-state index in [1.807, 2.05) is 36.7 Å². The second-order valence-electron chi connectivity index (χ2n) is 4.58. The lowest BCUT2D eigenvalue weighted by Gasteiger charge is -2.07. The molecule has 0 aliphatic heterocycles. The minimum Gasteiger partial charge on any atom is -0.390 e. The summed E-state index contributed by atoms with van der Waals surface area (Å²) >= 11 is 0. The van der Waals surface area contributed by atoms with Crippen LogP contribution in [0.3, 0.4) is 0 Å². The van der Waals surface area contributed by atoms with E-state index in [2.05, 4.69) is 20.9 Å². The monoisotopic (exact) mass is 349 g/mol. The fraction of sp³-hybridized carbons (Fsp3) is 0.375. The number of nitrogens with zero attached hydrogens (tertiary/aromatic N) is 3. The summed E-state index contributed by atoms with van der Waals surface area (Å²) < 4.78 is 0. The molecule has 0 aromatic heterocycles. The van der Waals surface area contributed by atoms with E-state index in [0.717, 1.165) is 17.3 Å². The highest BCUT2D eigenvalue weighted by atomic mass is 16.6. The molecule has 4 N–H and O–H groups in total. The molecule has 9 nitrogen and oxygen atoms in total. The van der Waals surface area contributed by atoms with Crippen LogP contribution in [0.4, 0.5) is 0 Å². The summed E-state index contributed by atoms with van der Waals surface area (Å²) in [7, 11) is 1.40. The lowest BCUT2D eigenvalue weighted by atomic mass is 10.0. The van der Waals surface area contributed by atoms with Gasteiger partial charge in [-0.15, -0.1) is 0 Å². The van der Waals surface area contributed by atoms with Gasteiger partial charge in [0.15, 0.2) is 0 Å². The van der Waals surface area contributed by atoms with Gasteiger partial charge >= 0.3 is 0 Å². The van der Waals surface area contributed by atoms with Crippen molar-refractivity contribution >= 4 is 17.8 Å². The lowest BCUT2D eigenvalue weighted by Crippen LogP contribution is -2.20. The third-order valence-corrected chi connectivity index (χ3v) is 2.84. The predicted molar refractivity (Wildman–Crippen MR) is 92.8 cm³/mol. The van der Waals surface area contributed by atoms with Crippen molar-refractivity contribution in [2.75, 3.05) is 13.7 Å². The van der Waals surface area contributed by atoms with E-state index in [4.69, 9.17) is 15.3 Å². The van der Waals surface area contributed by atoms with Crippen molar-refractivity contribution in [3.05, 3.63) is 35.4 Å². The van der Waals surface area contributed by atoms with Crippen LogP contribution in [0.5, 0.6) is 0 Å². The number of oxime groups is 1. The van der Waals surface area contributed by atoms with Gasteiger partial charge in [-0.1, -0.05) is 36.3 Å². The van der Waals surface area contributed by atoms with Crippen molar-refractivity contribution in [2.45, 2.75) is 26.4 Å². The number of nitrogens with two attached hydrogens (primary N) is 1. The van der Waals surface area contributed by atoms with Gasteiger partial charge in [-0.2, -0.15) is 10.7 Å². The van der Waals surface area contributed by atoms with Gasteiger partial charge in [0.25, 0.3) is 0 Å². The first kappa shape index (κ1) is 22.4. The average molecular weight is 349 g/mol. The number of rotatable bonds is 8. The summed E-state index contributed by atoms with van der Waals surface area (Å²) in [4.78, 5) is 24.7. The number of benzene rings is 1. The molecule has 0 aliphatic carbocycles. The topological polar surface area (TPSA) is 142 Å². The Morgan fingerprint density at radius 2 is 2.08 bits per heavy atom. The standard InChI is InChI=1S/C15H18N4O3.CH5NO/c1-2-14(10-17-21)19-15(20)9-12-5-3-4-6-13(12)11-22-18-8-7-16;1-3-2/h3-6,8,17,21H,2,9-11H2,1H3;2H2,1H3/b18-8-,19-14?;. The van der Waals surface area contributed by atoms with Crippen molar-refractivity contribution in [3.8, 4) is 6.07 Å². The molecule has 25 heavy (non-hydrogen) atoms. The number of amides is 1. The quantitative estimate of drug-likeness (QED) is 0.471. The summed E-state index contributed by atoms with van der Waals surface area (Å²) in [6, 6.07) is 9.02. The number of carbonyl (C=O) groups is 1. The van der Waals surface area contributed by atoms with Crippen LogP contribution in [0.1, 0.15) is 24.5 Å². The maximum absolute atomic E-state index is 12.0. The van der Waals surface area contributed by atoms with Crippen molar-refractivity contribution in [2.24, 2.45) is 16.0 Å². The lowest BCUT2D eigenvalue weighted by molar-refractivity contribution is -0.117. The van der Waals surface area contributed by atoms with Crippen LogP contribution in [0.2, 0.25) is 0 Å². The maximum atomic E-state index is 12.0. The summed E-state index contributed by atoms with van der Waals surface area (Å²) in [5.41, 5.74) is 4.17. The van der Waals surface area contributed by atoms with Crippen LogP contribution in [-0.2, 0) is 27.5 Å². The van der Waals surface area contributed by atoms with Crippen LogP contribution < -0.4 is 11.4 Å². The molecule has 0 unspecified atom stereocenters. The van der Waals surface area contributed by atoms with E-state index in [0.29, 0.717) is 12.1 Å². The van der Waals surface area contributed by atoms with Crippen molar-refractivity contribution in [1.29, 1.82) is 5.26 Å². The zero-order valence-electron chi connectivity index (χ0n) is 14.3. The summed E-state index contributed by atoms with van der Waals surface area (Å²) in [5, 5.41) is 20.4. The number of hydroxylamine groups is 1. The first-order valence-corrected chi connectivity index (χ1v) is 7.42. The minimum absolute atomic E-state index is 0.135. The van der Waals surface area contributed by atoms with Crippen molar-refractivity contribution in [3.63, 3.8) is 0 Å². The highest BCUT2D eigenvalue weighted by molar-refractivity contribution is 5.97. The molecule has 0 atom stereocenters. The first-order chi connectivity index (χ1) is 12.1. The van der Waals surface area contributed by atoms with Crippen molar-refractivity contribution < 1.29 is 19.7 Å². The van der Waals surface area contributed by atoms with Gasteiger partial charge in [-0.3, -0.25) is 4.79 Å². The fourth-order valence-corrected chi connectivity index (χ4v) is 1.75. The Bertz CT molecular complexity index is 611. The van der Waals surface area contributed by atoms with Gasteiger partial charge in [0.05, 0.1) is 20.1 Å². The van der Waals surface area contributed by atoms with Crippen LogP contribution in [0.15, 0.2) is 34.4 Å². The number of aliphatic imine (C=N–C) groups is 1. The Kier molecular flexibility index (Phi) is 13.3. The molecule has 136 valence electrons. The molecule has 1 aromatic rings. The second-order valence-corrected chi connectivity index (χ2v) is 4.58. The largest absolute Gasteiger partial charge is 0.390 e. The third kappa shape index (κ3) is 10.7. The van der Waals surface area contributed by atoms with E-state index in [1.54, 1.807) is 6.07 Å². The Hall–Kier alpha value is -2.64. The van der Waals surface area contributed by atoms with Gasteiger partial charge < -0.3 is 14.9 Å². The van der Waals surface area contributed by atoms with Crippen molar-refractivity contribution in [1.82, 2.24) is 5.48 Å². The molecule has 0 saturated carbocycles. The third-order valence-electron chi connectivity index (χ3n) is 2.84. The van der Waals surface area contributed by atoms with Gasteiger partial charge in [0, 0.05) is 5.71 Å². The number of nitrogens with one attached hydrogen (secondary N) is 1. The molecule has 0 saturated heterocycles. The number of carbonyl (C=O) groups excluding carboxylic acids is 1. The maximum Gasteiger partial charge on any atom is 0.250 e. The van der Waals surface area contributed by atoms with Gasteiger partial charge in [0.1, 0.15) is 18.9 Å². The second kappa shape index (κ2) is 14.9. The van der Waals surface area contributed by atoms with Crippen LogP contribution in [-0.4, -0.2) is 36.7 Å². The van der Waals surface area contributed by atoms with E-state index < -0.39 is 0 Å². The number of hydrogen-bond acceptors (Lipinski definition) is 8. The molecular weight excluding hydrogens is 326 g/mol. The highest BCUT2D eigenvalue weighted by Gasteiger charge is 2.08. The normalized spacial score (nSPS) is 10.8. The molecular formula is C16H23N5O4. The zero-order valence-corrected chi connectivity index (χ0v) is 14.3. The smallest absolute Gasteiger partial charge is 0.250 e. The van der Waals surface area contributed by atoms with Crippen LogP contribution >= 0.6 is 0 Å². The summed E-state index contributed by atoms with van der Waals surface area (Å²) in [5.74, 6) is 4.06. The average Bonchev–Trinajstić information content (AvgIpc) is 2.60. The molecule has 0 bridgehead atoms. The Morgan fingerprint density at radius 3 is 2.64 bits per heavy atom. The molecule has 0 spiro atoms. The molecule has 1 aromatic carbocycles. The first-order valence-electron chi connectivity index (χ1n) is 7.42. The molecule has 1 amide bonds. The van der Waals surface area contributed by atoms with Crippen LogP contribution in [0.25, 0.3) is 0 Å². The highest BCUT2D eigenvalue weighted by Crippen LogP contribution is 2.12. The van der Waals surface area contributed by atoms with Gasteiger partial charge in [-0.05, 0) is 17.5 Å². The molecule has 0 fully saturated rings. The summed E-state index contributed by atoms with van der Waals surface area (Å²) in [6.45, 7) is 2.19. The Balaban J connectivity index is 0.00000178. The number of hydrogen-bond donors (Lipinski definition) is 3. The van der Waals surface area contributed by atoms with Gasteiger partial charge in [-0.25, -0.2) is 10.9 Å². The summed E-state index contributed by atoms with van der Waals surface area (Å²) in [6.07, 6.45) is 1.71. The van der Waals surface area contributed by atoms with E-state index in [1.165, 1.54) is 7.11 Å². The number of nitriles is 1. The van der Waals surface area contributed by atoms with E-state index >= 15 is 0 Å². The Morgan fingerprint density at radius 1 is 1.44 bits per heavy atom. The molecule has 0 heterocycles.